The van der Waals surface area contributed by atoms with Crippen molar-refractivity contribution in [2.45, 2.75) is 46.0 Å². The first-order chi connectivity index (χ1) is 8.72. The monoisotopic (exact) mass is 248 g/mol. The number of piperidine rings is 1. The van der Waals surface area contributed by atoms with E-state index in [0.717, 1.165) is 43.5 Å². The van der Waals surface area contributed by atoms with Crippen molar-refractivity contribution in [3.63, 3.8) is 0 Å². The number of nitrogen functional groups attached to an aromatic ring is 1. The minimum Gasteiger partial charge on any atom is -0.384 e. The Morgan fingerprint density at radius 3 is 2.61 bits per heavy atom. The van der Waals surface area contributed by atoms with E-state index in [9.17, 15) is 0 Å². The molecule has 1 fully saturated rings. The molecule has 1 saturated heterocycles. The van der Waals surface area contributed by atoms with Gasteiger partial charge in [-0.15, -0.1) is 0 Å². The Hall–Kier alpha value is -1.32. The van der Waals surface area contributed by atoms with Crippen LogP contribution in [0.4, 0.5) is 11.6 Å². The lowest BCUT2D eigenvalue weighted by Crippen LogP contribution is -2.34. The van der Waals surface area contributed by atoms with E-state index in [-0.39, 0.29) is 0 Å². The third-order valence-corrected chi connectivity index (χ3v) is 3.77. The van der Waals surface area contributed by atoms with E-state index >= 15 is 0 Å². The molecule has 4 nitrogen and oxygen atoms in total. The van der Waals surface area contributed by atoms with Crippen LogP contribution in [-0.4, -0.2) is 23.1 Å². The van der Waals surface area contributed by atoms with Gasteiger partial charge < -0.3 is 10.6 Å². The van der Waals surface area contributed by atoms with Crippen molar-refractivity contribution >= 4 is 11.6 Å². The molecule has 2 rings (SSSR count). The zero-order chi connectivity index (χ0) is 13.0. The molecule has 1 aromatic rings. The molecule has 0 aromatic carbocycles. The Kier molecular flexibility index (Phi) is 4.39. The van der Waals surface area contributed by atoms with Crippen LogP contribution in [0.5, 0.6) is 0 Å². The molecule has 18 heavy (non-hydrogen) atoms. The maximum absolute atomic E-state index is 5.87. The summed E-state index contributed by atoms with van der Waals surface area (Å²) in [5.74, 6) is 3.38. The van der Waals surface area contributed by atoms with Crippen molar-refractivity contribution in [3.8, 4) is 0 Å². The second-order valence-corrected chi connectivity index (χ2v) is 5.16. The van der Waals surface area contributed by atoms with E-state index in [4.69, 9.17) is 5.73 Å². The summed E-state index contributed by atoms with van der Waals surface area (Å²) in [5.41, 5.74) is 5.87. The molecule has 2 N–H and O–H groups in total. The van der Waals surface area contributed by atoms with E-state index in [1.165, 1.54) is 19.3 Å². The molecule has 0 atom stereocenters. The van der Waals surface area contributed by atoms with Crippen LogP contribution in [0.3, 0.4) is 0 Å². The van der Waals surface area contributed by atoms with Crippen LogP contribution < -0.4 is 10.6 Å². The number of nitrogens with zero attached hydrogens (tertiary/aromatic N) is 3. The molecule has 0 spiro atoms. The second-order valence-electron chi connectivity index (χ2n) is 5.16. The van der Waals surface area contributed by atoms with Gasteiger partial charge in [-0.2, -0.15) is 0 Å². The van der Waals surface area contributed by atoms with E-state index in [1.807, 2.05) is 6.07 Å². The van der Waals surface area contributed by atoms with Crippen molar-refractivity contribution in [1.82, 2.24) is 9.97 Å². The highest BCUT2D eigenvalue weighted by atomic mass is 15.2. The maximum atomic E-state index is 5.87. The Labute approximate surface area is 110 Å². The molecular weight excluding hydrogens is 224 g/mol. The third kappa shape index (κ3) is 3.12. The van der Waals surface area contributed by atoms with Gasteiger partial charge in [-0.3, -0.25) is 0 Å². The SMILES string of the molecule is CCCc1nc(N)cc(N2CCC(CC)CC2)n1. The number of anilines is 2. The molecule has 0 amide bonds. The summed E-state index contributed by atoms with van der Waals surface area (Å²) in [4.78, 5) is 11.3. The summed E-state index contributed by atoms with van der Waals surface area (Å²) < 4.78 is 0. The lowest BCUT2D eigenvalue weighted by molar-refractivity contribution is 0.393. The summed E-state index contributed by atoms with van der Waals surface area (Å²) in [6.45, 7) is 6.61. The largest absolute Gasteiger partial charge is 0.384 e. The van der Waals surface area contributed by atoms with Gasteiger partial charge in [-0.1, -0.05) is 20.3 Å². The molecule has 0 saturated carbocycles. The van der Waals surface area contributed by atoms with Gasteiger partial charge in [0.05, 0.1) is 0 Å². The normalized spacial score (nSPS) is 17.1. The van der Waals surface area contributed by atoms with Gasteiger partial charge in [0.2, 0.25) is 0 Å². The number of aryl methyl sites for hydroxylation is 1. The van der Waals surface area contributed by atoms with E-state index in [2.05, 4.69) is 28.7 Å². The van der Waals surface area contributed by atoms with E-state index in [1.54, 1.807) is 0 Å². The van der Waals surface area contributed by atoms with Gasteiger partial charge in [-0.25, -0.2) is 9.97 Å². The first-order valence-electron chi connectivity index (χ1n) is 7.11. The molecule has 4 heteroatoms. The van der Waals surface area contributed by atoms with E-state index < -0.39 is 0 Å². The molecule has 0 unspecified atom stereocenters. The minimum absolute atomic E-state index is 0.598. The minimum atomic E-state index is 0.598. The van der Waals surface area contributed by atoms with Crippen LogP contribution in [0.15, 0.2) is 6.07 Å². The van der Waals surface area contributed by atoms with Gasteiger partial charge in [0, 0.05) is 25.6 Å². The van der Waals surface area contributed by atoms with Crippen molar-refractivity contribution in [2.24, 2.45) is 5.92 Å². The smallest absolute Gasteiger partial charge is 0.134 e. The number of rotatable bonds is 4. The molecule has 0 bridgehead atoms. The predicted molar refractivity (Wildman–Crippen MR) is 75.7 cm³/mol. The highest BCUT2D eigenvalue weighted by Gasteiger charge is 2.19. The quantitative estimate of drug-likeness (QED) is 0.890. The Morgan fingerprint density at radius 1 is 1.28 bits per heavy atom. The standard InChI is InChI=1S/C14H24N4/c1-3-5-13-16-12(15)10-14(17-13)18-8-6-11(4-2)7-9-18/h10-11H,3-9H2,1-2H3,(H2,15,16,17). The van der Waals surface area contributed by atoms with E-state index in [0.29, 0.717) is 5.82 Å². The van der Waals surface area contributed by atoms with Crippen LogP contribution in [0.25, 0.3) is 0 Å². The molecular formula is C14H24N4. The number of aromatic nitrogens is 2. The Morgan fingerprint density at radius 2 is 2.00 bits per heavy atom. The fourth-order valence-electron chi connectivity index (χ4n) is 2.57. The van der Waals surface area contributed by atoms with Gasteiger partial charge >= 0.3 is 0 Å². The van der Waals surface area contributed by atoms with Crippen molar-refractivity contribution < 1.29 is 0 Å². The predicted octanol–water partition coefficient (Wildman–Crippen LogP) is 2.64. The highest BCUT2D eigenvalue weighted by Crippen LogP contribution is 2.24. The van der Waals surface area contributed by atoms with Gasteiger partial charge in [-0.05, 0) is 25.2 Å². The maximum Gasteiger partial charge on any atom is 0.134 e. The van der Waals surface area contributed by atoms with Crippen LogP contribution in [0.2, 0.25) is 0 Å². The zero-order valence-electron chi connectivity index (χ0n) is 11.5. The summed E-state index contributed by atoms with van der Waals surface area (Å²) in [5, 5.41) is 0. The number of nitrogens with two attached hydrogens (primary N) is 1. The van der Waals surface area contributed by atoms with Gasteiger partial charge in [0.15, 0.2) is 0 Å². The first kappa shape index (κ1) is 13.1. The molecule has 1 aromatic heterocycles. The second kappa shape index (κ2) is 6.03. The fraction of sp³-hybridized carbons (Fsp3) is 0.714. The molecule has 0 radical (unpaired) electrons. The molecule has 1 aliphatic heterocycles. The van der Waals surface area contributed by atoms with Crippen molar-refractivity contribution in [1.29, 1.82) is 0 Å². The summed E-state index contributed by atoms with van der Waals surface area (Å²) in [6.07, 6.45) is 5.79. The van der Waals surface area contributed by atoms with Crippen LogP contribution >= 0.6 is 0 Å². The fourth-order valence-corrected chi connectivity index (χ4v) is 2.57. The molecule has 1 aliphatic rings. The van der Waals surface area contributed by atoms with Crippen LogP contribution in [-0.2, 0) is 6.42 Å². The number of hydrogen-bond acceptors (Lipinski definition) is 4. The summed E-state index contributed by atoms with van der Waals surface area (Å²) >= 11 is 0. The molecule has 100 valence electrons. The van der Waals surface area contributed by atoms with Crippen molar-refractivity contribution in [2.75, 3.05) is 23.7 Å². The zero-order valence-corrected chi connectivity index (χ0v) is 11.5. The number of hydrogen-bond donors (Lipinski definition) is 1. The van der Waals surface area contributed by atoms with Crippen LogP contribution in [0.1, 0.15) is 45.4 Å². The topological polar surface area (TPSA) is 55.0 Å². The third-order valence-electron chi connectivity index (χ3n) is 3.77. The summed E-state index contributed by atoms with van der Waals surface area (Å²) in [6, 6.07) is 1.91. The van der Waals surface area contributed by atoms with Gasteiger partial charge in [0.25, 0.3) is 0 Å². The van der Waals surface area contributed by atoms with Crippen LogP contribution in [0, 0.1) is 5.92 Å². The molecule has 2 heterocycles. The lowest BCUT2D eigenvalue weighted by atomic mass is 9.94. The highest BCUT2D eigenvalue weighted by molar-refractivity contribution is 5.47. The molecule has 0 aliphatic carbocycles. The average molecular weight is 248 g/mol. The Bertz CT molecular complexity index is 383. The average Bonchev–Trinajstić information content (AvgIpc) is 2.38. The lowest BCUT2D eigenvalue weighted by Gasteiger charge is -2.32. The Balaban J connectivity index is 2.08. The van der Waals surface area contributed by atoms with Gasteiger partial charge in [0.1, 0.15) is 17.5 Å². The first-order valence-corrected chi connectivity index (χ1v) is 7.11. The van der Waals surface area contributed by atoms with Crippen molar-refractivity contribution in [3.05, 3.63) is 11.9 Å². The summed E-state index contributed by atoms with van der Waals surface area (Å²) in [7, 11) is 0.